The zero-order chi connectivity index (χ0) is 11.8. The van der Waals surface area contributed by atoms with E-state index in [0.29, 0.717) is 18.9 Å². The first-order valence-corrected chi connectivity index (χ1v) is 5.52. The Bertz CT molecular complexity index is 307. The van der Waals surface area contributed by atoms with Crippen molar-refractivity contribution in [1.82, 2.24) is 0 Å². The van der Waals surface area contributed by atoms with Crippen molar-refractivity contribution in [2.24, 2.45) is 17.0 Å². The van der Waals surface area contributed by atoms with Crippen LogP contribution in [0.25, 0.3) is 0 Å². The lowest BCUT2D eigenvalue weighted by atomic mass is 10.0. The van der Waals surface area contributed by atoms with Gasteiger partial charge in [0.05, 0.1) is 5.92 Å². The lowest BCUT2D eigenvalue weighted by Gasteiger charge is -2.13. The third-order valence-corrected chi connectivity index (χ3v) is 2.41. The van der Waals surface area contributed by atoms with E-state index in [2.05, 4.69) is 11.7 Å². The largest absolute Gasteiger partial charge is 0.395 e. The first-order valence-electron chi connectivity index (χ1n) is 5.52. The number of allylic oxidation sites excluding steroid dienone is 4. The fraction of sp³-hybridized carbons (Fsp3) is 0.462. The molecule has 1 rings (SSSR count). The van der Waals surface area contributed by atoms with Crippen LogP contribution in [0.5, 0.6) is 0 Å². The first kappa shape index (κ1) is 12.7. The van der Waals surface area contributed by atoms with Crippen LogP contribution in [0.1, 0.15) is 19.8 Å². The van der Waals surface area contributed by atoms with Gasteiger partial charge in [0, 0.05) is 6.21 Å². The Balaban J connectivity index is 2.22. The van der Waals surface area contributed by atoms with Gasteiger partial charge in [-0.1, -0.05) is 30.3 Å². The molecular formula is C13H18FNO. The third kappa shape index (κ3) is 4.43. The van der Waals surface area contributed by atoms with E-state index in [0.717, 1.165) is 6.42 Å². The van der Waals surface area contributed by atoms with E-state index in [9.17, 15) is 4.39 Å². The Kier molecular flexibility index (Phi) is 5.54. The molecule has 0 aromatic carbocycles. The summed E-state index contributed by atoms with van der Waals surface area (Å²) in [5.41, 5.74) is 0. The monoisotopic (exact) mass is 223 g/mol. The van der Waals surface area contributed by atoms with Crippen LogP contribution in [-0.2, 0) is 4.84 Å². The Morgan fingerprint density at radius 1 is 1.75 bits per heavy atom. The third-order valence-electron chi connectivity index (χ3n) is 2.41. The van der Waals surface area contributed by atoms with E-state index in [1.165, 1.54) is 6.08 Å². The lowest BCUT2D eigenvalue weighted by Crippen LogP contribution is -2.09. The minimum atomic E-state index is -0.183. The number of oxime groups is 1. The molecule has 0 aromatic rings. The minimum Gasteiger partial charge on any atom is -0.395 e. The number of hydrogen-bond acceptors (Lipinski definition) is 2. The maximum Gasteiger partial charge on any atom is 0.126 e. The molecule has 0 aliphatic heterocycles. The van der Waals surface area contributed by atoms with Crippen LogP contribution in [0.2, 0.25) is 0 Å². The van der Waals surface area contributed by atoms with Gasteiger partial charge in [-0.2, -0.15) is 0 Å². The fourth-order valence-electron chi connectivity index (χ4n) is 1.40. The highest BCUT2D eigenvalue weighted by Crippen LogP contribution is 2.21. The number of halogens is 1. The van der Waals surface area contributed by atoms with Crippen molar-refractivity contribution in [2.45, 2.75) is 19.8 Å². The molecule has 3 heteroatoms. The highest BCUT2D eigenvalue weighted by atomic mass is 19.1. The second-order valence-electron chi connectivity index (χ2n) is 3.96. The summed E-state index contributed by atoms with van der Waals surface area (Å²) in [5, 5.41) is 3.83. The second-order valence-corrected chi connectivity index (χ2v) is 3.96. The predicted octanol–water partition coefficient (Wildman–Crippen LogP) is 3.63. The van der Waals surface area contributed by atoms with E-state index >= 15 is 0 Å². The Hall–Kier alpha value is -1.38. The average molecular weight is 223 g/mol. The normalized spacial score (nSPS) is 21.9. The zero-order valence-electron chi connectivity index (χ0n) is 9.60. The molecule has 0 saturated carbocycles. The zero-order valence-corrected chi connectivity index (χ0v) is 9.60. The van der Waals surface area contributed by atoms with Crippen molar-refractivity contribution >= 4 is 6.21 Å². The van der Waals surface area contributed by atoms with Gasteiger partial charge in [0.25, 0.3) is 0 Å². The summed E-state index contributed by atoms with van der Waals surface area (Å²) in [4.78, 5) is 5.08. The van der Waals surface area contributed by atoms with Gasteiger partial charge in [-0.15, -0.1) is 6.58 Å². The molecule has 0 heterocycles. The van der Waals surface area contributed by atoms with Crippen LogP contribution >= 0.6 is 0 Å². The van der Waals surface area contributed by atoms with Gasteiger partial charge in [0.2, 0.25) is 0 Å². The molecule has 1 aliphatic rings. The summed E-state index contributed by atoms with van der Waals surface area (Å²) in [7, 11) is 0. The summed E-state index contributed by atoms with van der Waals surface area (Å²) >= 11 is 0. The Morgan fingerprint density at radius 3 is 3.25 bits per heavy atom. The molecule has 2 nitrogen and oxygen atoms in total. The molecule has 0 spiro atoms. The van der Waals surface area contributed by atoms with Crippen molar-refractivity contribution in [3.63, 3.8) is 0 Å². The van der Waals surface area contributed by atoms with E-state index in [1.807, 2.05) is 19.1 Å². The first-order chi connectivity index (χ1) is 7.74. The molecule has 0 aromatic heterocycles. The van der Waals surface area contributed by atoms with Crippen molar-refractivity contribution < 1.29 is 9.23 Å². The SMILES string of the molecule is C=CCC(C)/C=N/OCC1CC=CC=C1F. The van der Waals surface area contributed by atoms with Crippen LogP contribution in [0.15, 0.2) is 41.9 Å². The van der Waals surface area contributed by atoms with Gasteiger partial charge in [-0.05, 0) is 24.8 Å². The minimum absolute atomic E-state index is 0.128. The van der Waals surface area contributed by atoms with Crippen LogP contribution in [0, 0.1) is 11.8 Å². The molecular weight excluding hydrogens is 205 g/mol. The summed E-state index contributed by atoms with van der Waals surface area (Å²) in [6.07, 6.45) is 10.2. The van der Waals surface area contributed by atoms with E-state index in [1.54, 1.807) is 12.3 Å². The summed E-state index contributed by atoms with van der Waals surface area (Å²) in [6, 6.07) is 0. The van der Waals surface area contributed by atoms with Crippen molar-refractivity contribution in [2.75, 3.05) is 6.61 Å². The topological polar surface area (TPSA) is 21.6 Å². The van der Waals surface area contributed by atoms with Gasteiger partial charge >= 0.3 is 0 Å². The van der Waals surface area contributed by atoms with E-state index < -0.39 is 0 Å². The van der Waals surface area contributed by atoms with E-state index in [-0.39, 0.29) is 11.7 Å². The molecule has 0 N–H and O–H groups in total. The Morgan fingerprint density at radius 2 is 2.56 bits per heavy atom. The standard InChI is InChI=1S/C13H18FNO/c1-3-6-11(2)9-15-16-10-12-7-4-5-8-13(12)14/h3-5,8-9,11-12H,1,6-7,10H2,2H3/b15-9+. The quantitative estimate of drug-likeness (QED) is 0.383. The Labute approximate surface area is 96.2 Å². The summed E-state index contributed by atoms with van der Waals surface area (Å²) < 4.78 is 13.2. The molecule has 88 valence electrons. The number of nitrogens with zero attached hydrogens (tertiary/aromatic N) is 1. The van der Waals surface area contributed by atoms with Crippen LogP contribution in [0.3, 0.4) is 0 Å². The molecule has 0 amide bonds. The fourth-order valence-corrected chi connectivity index (χ4v) is 1.40. The molecule has 16 heavy (non-hydrogen) atoms. The van der Waals surface area contributed by atoms with Crippen molar-refractivity contribution in [1.29, 1.82) is 0 Å². The maximum absolute atomic E-state index is 13.2. The molecule has 0 fully saturated rings. The highest BCUT2D eigenvalue weighted by molar-refractivity contribution is 5.59. The van der Waals surface area contributed by atoms with Crippen molar-refractivity contribution in [3.8, 4) is 0 Å². The van der Waals surface area contributed by atoms with Crippen LogP contribution < -0.4 is 0 Å². The number of rotatable bonds is 6. The molecule has 2 atom stereocenters. The van der Waals surface area contributed by atoms with Gasteiger partial charge in [-0.3, -0.25) is 0 Å². The molecule has 1 aliphatic carbocycles. The van der Waals surface area contributed by atoms with Crippen LogP contribution in [-0.4, -0.2) is 12.8 Å². The van der Waals surface area contributed by atoms with Gasteiger partial charge in [-0.25, -0.2) is 4.39 Å². The van der Waals surface area contributed by atoms with Gasteiger partial charge in [0.15, 0.2) is 0 Å². The summed E-state index contributed by atoms with van der Waals surface area (Å²) in [5.74, 6) is -0.00200. The smallest absolute Gasteiger partial charge is 0.126 e. The highest BCUT2D eigenvalue weighted by Gasteiger charge is 2.15. The molecule has 0 saturated heterocycles. The van der Waals surface area contributed by atoms with Gasteiger partial charge < -0.3 is 4.84 Å². The molecule has 2 unspecified atom stereocenters. The second kappa shape index (κ2) is 6.99. The molecule has 0 bridgehead atoms. The number of hydrogen-bond donors (Lipinski definition) is 0. The van der Waals surface area contributed by atoms with Gasteiger partial charge in [0.1, 0.15) is 12.4 Å². The lowest BCUT2D eigenvalue weighted by molar-refractivity contribution is 0.111. The van der Waals surface area contributed by atoms with E-state index in [4.69, 9.17) is 4.84 Å². The maximum atomic E-state index is 13.2. The summed E-state index contributed by atoms with van der Waals surface area (Å²) in [6.45, 7) is 5.97. The average Bonchev–Trinajstić information content (AvgIpc) is 2.27. The molecule has 0 radical (unpaired) electrons. The van der Waals surface area contributed by atoms with Crippen molar-refractivity contribution in [3.05, 3.63) is 36.7 Å². The van der Waals surface area contributed by atoms with Crippen LogP contribution in [0.4, 0.5) is 4.39 Å². The predicted molar refractivity (Wildman–Crippen MR) is 64.9 cm³/mol.